The number of alkyl halides is 2. The molecule has 1 rings (SSSR count). The van der Waals surface area contributed by atoms with Gasteiger partial charge in [0, 0.05) is 0 Å². The lowest BCUT2D eigenvalue weighted by molar-refractivity contribution is -0.138. The molecule has 0 aromatic carbocycles. The maximum atomic E-state index is 12.0. The Labute approximate surface area is 72.2 Å². The molecule has 0 aliphatic rings. The van der Waals surface area contributed by atoms with Crippen molar-refractivity contribution in [3.05, 3.63) is 17.8 Å². The van der Waals surface area contributed by atoms with Crippen molar-refractivity contribution in [1.82, 2.24) is 4.98 Å². The molecule has 0 saturated heterocycles. The van der Waals surface area contributed by atoms with Crippen molar-refractivity contribution in [2.75, 3.05) is 0 Å². The van der Waals surface area contributed by atoms with Crippen LogP contribution in [0.3, 0.4) is 0 Å². The van der Waals surface area contributed by atoms with Gasteiger partial charge in [-0.1, -0.05) is 0 Å². The Morgan fingerprint density at radius 3 is 2.69 bits per heavy atom. The highest BCUT2D eigenvalue weighted by Gasteiger charge is 2.21. The predicted molar refractivity (Wildman–Crippen MR) is 37.5 cm³/mol. The van der Waals surface area contributed by atoms with Crippen LogP contribution in [0.2, 0.25) is 0 Å². The van der Waals surface area contributed by atoms with Crippen molar-refractivity contribution in [1.29, 1.82) is 0 Å². The third kappa shape index (κ3) is 2.01. The Bertz CT molecular complexity index is 310. The first kappa shape index (κ1) is 9.63. The highest BCUT2D eigenvalue weighted by atomic mass is 19.3. The molecule has 1 aromatic heterocycles. The number of carboxylic acids is 1. The lowest BCUT2D eigenvalue weighted by atomic mass is 10.2. The maximum absolute atomic E-state index is 12.0. The summed E-state index contributed by atoms with van der Waals surface area (Å²) in [6.07, 6.45) is -1.97. The number of hydrogen-bond donors (Lipinski definition) is 1. The second kappa shape index (κ2) is 3.51. The second-order valence-corrected chi connectivity index (χ2v) is 2.47. The molecule has 0 saturated carbocycles. The normalized spacial score (nSPS) is 13.2. The third-order valence-electron chi connectivity index (χ3n) is 1.50. The molecule has 72 valence electrons. The number of carboxylic acid groups (broad SMARTS) is 1. The van der Waals surface area contributed by atoms with E-state index in [1.165, 1.54) is 6.92 Å². The van der Waals surface area contributed by atoms with Gasteiger partial charge in [-0.3, -0.25) is 4.79 Å². The fourth-order valence-electron chi connectivity index (χ4n) is 0.705. The summed E-state index contributed by atoms with van der Waals surface area (Å²) in [7, 11) is 0. The molecular formula is C7H7F2NO3. The Morgan fingerprint density at radius 1 is 1.69 bits per heavy atom. The molecule has 1 unspecified atom stereocenters. The van der Waals surface area contributed by atoms with Gasteiger partial charge in [0.05, 0.1) is 0 Å². The van der Waals surface area contributed by atoms with Gasteiger partial charge in [0.2, 0.25) is 5.89 Å². The number of halogens is 2. The van der Waals surface area contributed by atoms with Crippen LogP contribution in [0.15, 0.2) is 10.7 Å². The zero-order chi connectivity index (χ0) is 10.0. The summed E-state index contributed by atoms with van der Waals surface area (Å²) in [5.74, 6) is -2.38. The molecule has 1 heterocycles. The Kier molecular flexibility index (Phi) is 2.60. The fourth-order valence-corrected chi connectivity index (χ4v) is 0.705. The summed E-state index contributed by atoms with van der Waals surface area (Å²) < 4.78 is 28.5. The minimum Gasteiger partial charge on any atom is -0.481 e. The highest BCUT2D eigenvalue weighted by Crippen LogP contribution is 2.21. The molecule has 1 atom stereocenters. The van der Waals surface area contributed by atoms with Gasteiger partial charge in [0.15, 0.2) is 0 Å². The molecular weight excluding hydrogens is 184 g/mol. The Morgan fingerprint density at radius 2 is 2.31 bits per heavy atom. The van der Waals surface area contributed by atoms with Crippen LogP contribution in [0.5, 0.6) is 0 Å². The monoisotopic (exact) mass is 191 g/mol. The Balaban J connectivity index is 2.85. The van der Waals surface area contributed by atoms with E-state index in [4.69, 9.17) is 5.11 Å². The maximum Gasteiger partial charge on any atom is 0.315 e. The van der Waals surface area contributed by atoms with Gasteiger partial charge in [-0.15, -0.1) is 0 Å². The smallest absolute Gasteiger partial charge is 0.315 e. The van der Waals surface area contributed by atoms with Crippen LogP contribution in [0.1, 0.15) is 30.9 Å². The molecule has 1 aromatic rings. The molecule has 0 aliphatic carbocycles. The quantitative estimate of drug-likeness (QED) is 0.791. The molecule has 0 amide bonds. The third-order valence-corrected chi connectivity index (χ3v) is 1.50. The molecule has 13 heavy (non-hydrogen) atoms. The molecule has 4 nitrogen and oxygen atoms in total. The van der Waals surface area contributed by atoms with Gasteiger partial charge in [-0.05, 0) is 6.92 Å². The molecule has 0 bridgehead atoms. The lowest BCUT2D eigenvalue weighted by Crippen LogP contribution is -2.07. The van der Waals surface area contributed by atoms with Crippen molar-refractivity contribution < 1.29 is 23.1 Å². The van der Waals surface area contributed by atoms with E-state index in [0.717, 1.165) is 6.26 Å². The largest absolute Gasteiger partial charge is 0.481 e. The standard InChI is InChI=1S/C7H7F2NO3/c1-3(7(11)12)6-10-4(2-13-6)5(8)9/h2-3,5H,1H3,(H,11,12). The van der Waals surface area contributed by atoms with Crippen LogP contribution in [0, 0.1) is 0 Å². The summed E-state index contributed by atoms with van der Waals surface area (Å²) >= 11 is 0. The van der Waals surface area contributed by atoms with E-state index >= 15 is 0 Å². The molecule has 6 heteroatoms. The first-order valence-corrected chi connectivity index (χ1v) is 3.48. The second-order valence-electron chi connectivity index (χ2n) is 2.47. The first-order chi connectivity index (χ1) is 6.02. The van der Waals surface area contributed by atoms with Gasteiger partial charge in [0.25, 0.3) is 6.43 Å². The number of oxazole rings is 1. The van der Waals surface area contributed by atoms with Crippen LogP contribution >= 0.6 is 0 Å². The van der Waals surface area contributed by atoms with Crippen LogP contribution in [0.4, 0.5) is 8.78 Å². The number of hydrogen-bond acceptors (Lipinski definition) is 3. The van der Waals surface area contributed by atoms with E-state index in [1.54, 1.807) is 0 Å². The van der Waals surface area contributed by atoms with Gasteiger partial charge >= 0.3 is 5.97 Å². The number of rotatable bonds is 3. The lowest BCUT2D eigenvalue weighted by Gasteiger charge is -1.97. The average Bonchev–Trinajstić information content (AvgIpc) is 2.50. The zero-order valence-electron chi connectivity index (χ0n) is 6.70. The summed E-state index contributed by atoms with van der Waals surface area (Å²) in [5.41, 5.74) is -0.539. The summed E-state index contributed by atoms with van der Waals surface area (Å²) in [5, 5.41) is 8.50. The van der Waals surface area contributed by atoms with E-state index in [9.17, 15) is 13.6 Å². The van der Waals surface area contributed by atoms with Crippen LogP contribution < -0.4 is 0 Å². The van der Waals surface area contributed by atoms with Crippen LogP contribution in [0.25, 0.3) is 0 Å². The zero-order valence-corrected chi connectivity index (χ0v) is 6.70. The van der Waals surface area contributed by atoms with Gasteiger partial charge in [-0.2, -0.15) is 0 Å². The van der Waals surface area contributed by atoms with Crippen LogP contribution in [-0.4, -0.2) is 16.1 Å². The van der Waals surface area contributed by atoms with Crippen molar-refractivity contribution >= 4 is 5.97 Å². The molecule has 0 radical (unpaired) electrons. The average molecular weight is 191 g/mol. The van der Waals surface area contributed by atoms with Gasteiger partial charge in [-0.25, -0.2) is 13.8 Å². The van der Waals surface area contributed by atoms with Crippen molar-refractivity contribution in [2.45, 2.75) is 19.3 Å². The summed E-state index contributed by atoms with van der Waals surface area (Å²) in [6, 6.07) is 0. The van der Waals surface area contributed by atoms with E-state index < -0.39 is 24.0 Å². The van der Waals surface area contributed by atoms with Crippen molar-refractivity contribution in [3.8, 4) is 0 Å². The molecule has 1 N–H and O–H groups in total. The minimum atomic E-state index is -2.74. The van der Waals surface area contributed by atoms with E-state index in [0.29, 0.717) is 0 Å². The topological polar surface area (TPSA) is 63.3 Å². The number of carbonyl (C=O) groups is 1. The van der Waals surface area contributed by atoms with E-state index in [2.05, 4.69) is 9.40 Å². The first-order valence-electron chi connectivity index (χ1n) is 3.48. The highest BCUT2D eigenvalue weighted by molar-refractivity contribution is 5.73. The Hall–Kier alpha value is -1.46. The number of aromatic nitrogens is 1. The molecule has 0 aliphatic heterocycles. The summed E-state index contributed by atoms with van der Waals surface area (Å²) in [4.78, 5) is 13.7. The number of nitrogens with zero attached hydrogens (tertiary/aromatic N) is 1. The van der Waals surface area contributed by atoms with Gasteiger partial charge in [0.1, 0.15) is 17.9 Å². The SMILES string of the molecule is CC(C(=O)O)c1nc(C(F)F)co1. The van der Waals surface area contributed by atoms with E-state index in [1.807, 2.05) is 0 Å². The minimum absolute atomic E-state index is 0.206. The molecule has 0 spiro atoms. The van der Waals surface area contributed by atoms with Crippen molar-refractivity contribution in [2.24, 2.45) is 0 Å². The summed E-state index contributed by atoms with van der Waals surface area (Å²) in [6.45, 7) is 1.31. The van der Waals surface area contributed by atoms with E-state index in [-0.39, 0.29) is 5.89 Å². The number of aliphatic carboxylic acids is 1. The predicted octanol–water partition coefficient (Wildman–Crippen LogP) is 1.80. The fraction of sp³-hybridized carbons (Fsp3) is 0.429. The van der Waals surface area contributed by atoms with Gasteiger partial charge < -0.3 is 9.52 Å². The van der Waals surface area contributed by atoms with Crippen molar-refractivity contribution in [3.63, 3.8) is 0 Å². The molecule has 0 fully saturated rings. The van der Waals surface area contributed by atoms with Crippen LogP contribution in [-0.2, 0) is 4.79 Å².